The van der Waals surface area contributed by atoms with Crippen molar-refractivity contribution in [1.82, 2.24) is 25.7 Å². The van der Waals surface area contributed by atoms with Gasteiger partial charge < -0.3 is 9.80 Å². The van der Waals surface area contributed by atoms with Crippen LogP contribution in [-0.2, 0) is 14.4 Å². The number of hydrogen-bond donors (Lipinski definition) is 2. The summed E-state index contributed by atoms with van der Waals surface area (Å²) in [6.07, 6.45) is 6.60. The Bertz CT molecular complexity index is 665. The Balaban J connectivity index is 1.26. The first kappa shape index (κ1) is 20.7. The molecular formula is C22H37N5O3. The first-order valence-electron chi connectivity index (χ1n) is 12.0. The highest BCUT2D eigenvalue weighted by atomic mass is 16.7. The van der Waals surface area contributed by atoms with Crippen molar-refractivity contribution in [3.05, 3.63) is 0 Å². The van der Waals surface area contributed by atoms with E-state index >= 15 is 0 Å². The molecule has 5 aliphatic rings. The van der Waals surface area contributed by atoms with Gasteiger partial charge in [0, 0.05) is 51.6 Å². The Labute approximate surface area is 179 Å². The molecule has 3 saturated heterocycles. The molecule has 6 atom stereocenters. The highest BCUT2D eigenvalue weighted by molar-refractivity contribution is 5.82. The van der Waals surface area contributed by atoms with Crippen LogP contribution in [-0.4, -0.2) is 83.6 Å². The number of nitrogens with zero attached hydrogens (tertiary/aromatic N) is 3. The predicted molar refractivity (Wildman–Crippen MR) is 112 cm³/mol. The lowest BCUT2D eigenvalue weighted by Crippen LogP contribution is -2.67. The summed E-state index contributed by atoms with van der Waals surface area (Å²) in [5, 5.41) is 2.33. The van der Waals surface area contributed by atoms with Crippen LogP contribution in [0.1, 0.15) is 52.4 Å². The van der Waals surface area contributed by atoms with Gasteiger partial charge in [0.25, 0.3) is 0 Å². The van der Waals surface area contributed by atoms with Gasteiger partial charge in [-0.1, -0.05) is 0 Å². The molecule has 2 amide bonds. The Morgan fingerprint density at radius 3 is 2.57 bits per heavy atom. The normalized spacial score (nSPS) is 39.9. The van der Waals surface area contributed by atoms with Crippen molar-refractivity contribution in [3.63, 3.8) is 0 Å². The third-order valence-corrected chi connectivity index (χ3v) is 8.03. The van der Waals surface area contributed by atoms with E-state index in [-0.39, 0.29) is 36.1 Å². The fourth-order valence-corrected chi connectivity index (χ4v) is 6.39. The van der Waals surface area contributed by atoms with Crippen molar-refractivity contribution in [3.8, 4) is 0 Å². The molecule has 2 N–H and O–H groups in total. The average molecular weight is 420 g/mol. The van der Waals surface area contributed by atoms with Crippen molar-refractivity contribution in [1.29, 1.82) is 0 Å². The highest BCUT2D eigenvalue weighted by Gasteiger charge is 2.49. The molecule has 5 fully saturated rings. The molecule has 0 spiro atoms. The molecule has 0 aromatic heterocycles. The molecular weight excluding hydrogens is 382 g/mol. The van der Waals surface area contributed by atoms with Crippen LogP contribution in [0.4, 0.5) is 0 Å². The summed E-state index contributed by atoms with van der Waals surface area (Å²) in [6.45, 7) is 8.40. The summed E-state index contributed by atoms with van der Waals surface area (Å²) in [4.78, 5) is 35.3. The molecule has 3 heterocycles. The minimum absolute atomic E-state index is 0.117. The summed E-state index contributed by atoms with van der Waals surface area (Å²) in [6, 6.07) is 0.494. The third kappa shape index (κ3) is 3.99. The first-order valence-corrected chi connectivity index (χ1v) is 12.0. The van der Waals surface area contributed by atoms with Crippen LogP contribution in [0.25, 0.3) is 0 Å². The zero-order valence-corrected chi connectivity index (χ0v) is 18.4. The minimum Gasteiger partial charge on any atom is -0.335 e. The molecule has 0 radical (unpaired) electrons. The maximum Gasteiger partial charge on any atom is 0.226 e. The minimum atomic E-state index is 0.117. The second-order valence-corrected chi connectivity index (χ2v) is 10.2. The smallest absolute Gasteiger partial charge is 0.226 e. The predicted octanol–water partition coefficient (Wildman–Crippen LogP) is 0.743. The average Bonchev–Trinajstić information content (AvgIpc) is 3.25. The van der Waals surface area contributed by atoms with Gasteiger partial charge in [-0.3, -0.25) is 19.9 Å². The van der Waals surface area contributed by atoms with Gasteiger partial charge in [-0.15, -0.1) is 0 Å². The van der Waals surface area contributed by atoms with E-state index in [0.29, 0.717) is 24.3 Å². The second kappa shape index (κ2) is 8.37. The number of piperazine rings is 1. The number of hydrazine groups is 1. The summed E-state index contributed by atoms with van der Waals surface area (Å²) in [5.41, 5.74) is 6.55. The van der Waals surface area contributed by atoms with Crippen molar-refractivity contribution >= 4 is 11.8 Å². The van der Waals surface area contributed by atoms with Crippen LogP contribution in [0.5, 0.6) is 0 Å². The quantitative estimate of drug-likeness (QED) is 0.700. The van der Waals surface area contributed by atoms with Crippen molar-refractivity contribution in [2.45, 2.75) is 76.6 Å². The fraction of sp³-hybridized carbons (Fsp3) is 0.909. The van der Waals surface area contributed by atoms with E-state index in [9.17, 15) is 9.59 Å². The van der Waals surface area contributed by atoms with Crippen LogP contribution < -0.4 is 10.9 Å². The molecule has 168 valence electrons. The Morgan fingerprint density at radius 2 is 1.87 bits per heavy atom. The molecule has 0 bridgehead atoms. The van der Waals surface area contributed by atoms with Crippen LogP contribution in [0, 0.1) is 17.8 Å². The summed E-state index contributed by atoms with van der Waals surface area (Å²) < 4.78 is 0. The van der Waals surface area contributed by atoms with Crippen LogP contribution in [0.3, 0.4) is 0 Å². The standard InChI is InChI=1S/C22H37N5O3/c1-14-11-26(22(29)16-3-4-16)21-9-17(5-6-20(21)27(14)15(2)28)18-10-23-25(12-18)13-19-7-8-24-30-19/h14,16-21,23-24H,3-13H2,1-2H3/t14-,17?,18?,19?,20?,21?/m0/s1. The van der Waals surface area contributed by atoms with Gasteiger partial charge >= 0.3 is 0 Å². The molecule has 5 unspecified atom stereocenters. The Kier molecular flexibility index (Phi) is 5.77. The SMILES string of the molecule is CC(=O)N1C2CCC(C3CNN(CC4CCNO4)C3)CC2N(C(=O)C2CC2)C[C@@H]1C. The topological polar surface area (TPSA) is 77.2 Å². The van der Waals surface area contributed by atoms with E-state index in [1.54, 1.807) is 6.92 Å². The largest absolute Gasteiger partial charge is 0.335 e. The fourth-order valence-electron chi connectivity index (χ4n) is 6.39. The number of carbonyl (C=O) groups excluding carboxylic acids is 2. The van der Waals surface area contributed by atoms with Crippen LogP contribution in [0.15, 0.2) is 0 Å². The maximum atomic E-state index is 13.1. The molecule has 8 nitrogen and oxygen atoms in total. The molecule has 0 aromatic carbocycles. The Hall–Kier alpha value is -1.22. The molecule has 30 heavy (non-hydrogen) atoms. The number of rotatable bonds is 4. The molecule has 0 aromatic rings. The first-order chi connectivity index (χ1) is 14.5. The van der Waals surface area contributed by atoms with Gasteiger partial charge in [-0.25, -0.2) is 10.5 Å². The number of hydrogen-bond acceptors (Lipinski definition) is 6. The van der Waals surface area contributed by atoms with Gasteiger partial charge in [-0.05, 0) is 57.3 Å². The van der Waals surface area contributed by atoms with E-state index in [4.69, 9.17) is 4.84 Å². The lowest BCUT2D eigenvalue weighted by atomic mass is 9.73. The van der Waals surface area contributed by atoms with Gasteiger partial charge in [0.2, 0.25) is 11.8 Å². The second-order valence-electron chi connectivity index (χ2n) is 10.2. The van der Waals surface area contributed by atoms with E-state index in [2.05, 4.69) is 32.6 Å². The zero-order valence-electron chi connectivity index (χ0n) is 18.4. The molecule has 8 heteroatoms. The van der Waals surface area contributed by atoms with E-state index in [0.717, 1.165) is 64.7 Å². The van der Waals surface area contributed by atoms with E-state index in [1.807, 2.05) is 0 Å². The molecule has 5 rings (SSSR count). The monoisotopic (exact) mass is 419 g/mol. The number of fused-ring (bicyclic) bond motifs is 1. The molecule has 2 aliphatic carbocycles. The number of amides is 2. The van der Waals surface area contributed by atoms with Crippen molar-refractivity contribution in [2.24, 2.45) is 17.8 Å². The van der Waals surface area contributed by atoms with Crippen LogP contribution >= 0.6 is 0 Å². The summed E-state index contributed by atoms with van der Waals surface area (Å²) in [7, 11) is 0. The summed E-state index contributed by atoms with van der Waals surface area (Å²) in [5.74, 6) is 1.95. The number of hydroxylamine groups is 1. The maximum absolute atomic E-state index is 13.1. The van der Waals surface area contributed by atoms with E-state index < -0.39 is 0 Å². The van der Waals surface area contributed by atoms with Crippen molar-refractivity contribution < 1.29 is 14.4 Å². The summed E-state index contributed by atoms with van der Waals surface area (Å²) >= 11 is 0. The van der Waals surface area contributed by atoms with Gasteiger partial charge in [0.05, 0.1) is 18.2 Å². The van der Waals surface area contributed by atoms with Crippen molar-refractivity contribution in [2.75, 3.05) is 32.7 Å². The lowest BCUT2D eigenvalue weighted by Gasteiger charge is -2.54. The molecule has 3 aliphatic heterocycles. The van der Waals surface area contributed by atoms with Gasteiger partial charge in [-0.2, -0.15) is 0 Å². The van der Waals surface area contributed by atoms with Crippen LogP contribution in [0.2, 0.25) is 0 Å². The van der Waals surface area contributed by atoms with E-state index in [1.165, 1.54) is 0 Å². The highest BCUT2D eigenvalue weighted by Crippen LogP contribution is 2.42. The third-order valence-electron chi connectivity index (χ3n) is 8.03. The number of carbonyl (C=O) groups is 2. The zero-order chi connectivity index (χ0) is 20.8. The number of nitrogens with one attached hydrogen (secondary N) is 2. The van der Waals surface area contributed by atoms with Gasteiger partial charge in [0.1, 0.15) is 0 Å². The molecule has 2 saturated carbocycles. The Morgan fingerprint density at radius 1 is 1.03 bits per heavy atom. The lowest BCUT2D eigenvalue weighted by molar-refractivity contribution is -0.155. The van der Waals surface area contributed by atoms with Gasteiger partial charge in [0.15, 0.2) is 0 Å².